The highest BCUT2D eigenvalue weighted by Crippen LogP contribution is 2.23. The lowest BCUT2D eigenvalue weighted by Gasteiger charge is -2.07. The second-order valence-corrected chi connectivity index (χ2v) is 4.37. The maximum absolute atomic E-state index is 11.9. The number of benzene rings is 2. The van der Waals surface area contributed by atoms with Gasteiger partial charge in [-0.25, -0.2) is 0 Å². The normalized spacial score (nSPS) is 10.4. The Kier molecular flexibility index (Phi) is 4.87. The molecule has 0 heterocycles. The van der Waals surface area contributed by atoms with E-state index in [-0.39, 0.29) is 11.6 Å². The Morgan fingerprint density at radius 3 is 2.73 bits per heavy atom. The van der Waals surface area contributed by atoms with Gasteiger partial charge in [0.05, 0.1) is 17.7 Å². The van der Waals surface area contributed by atoms with Crippen LogP contribution in [0.5, 0.6) is 5.75 Å². The van der Waals surface area contributed by atoms with Crippen molar-refractivity contribution in [2.24, 2.45) is 0 Å². The third-order valence-corrected chi connectivity index (χ3v) is 2.87. The Bertz CT molecular complexity index is 726. The molecule has 0 aliphatic carbocycles. The summed E-state index contributed by atoms with van der Waals surface area (Å²) in [4.78, 5) is 22.1. The Morgan fingerprint density at radius 2 is 2.00 bits per heavy atom. The fourth-order valence-corrected chi connectivity index (χ4v) is 1.84. The molecule has 0 saturated carbocycles. The van der Waals surface area contributed by atoms with E-state index in [9.17, 15) is 14.9 Å². The number of nitrogens with zero attached hydrogens (tertiary/aromatic N) is 1. The summed E-state index contributed by atoms with van der Waals surface area (Å²) in [5, 5.41) is 13.4. The fraction of sp³-hybridized carbons (Fsp3) is 0.0625. The summed E-state index contributed by atoms with van der Waals surface area (Å²) in [6, 6.07) is 13.1. The van der Waals surface area contributed by atoms with Crippen LogP contribution in [0.2, 0.25) is 0 Å². The molecule has 0 saturated heterocycles. The number of amides is 1. The SMILES string of the molecule is COc1ccccc1NC(=O)/C=C/c1cccc([N+](=O)[O-])c1. The molecule has 1 amide bonds. The molecule has 0 spiro atoms. The number of carbonyl (C=O) groups is 1. The number of rotatable bonds is 5. The molecule has 0 bridgehead atoms. The highest BCUT2D eigenvalue weighted by Gasteiger charge is 2.05. The lowest BCUT2D eigenvalue weighted by molar-refractivity contribution is -0.384. The zero-order chi connectivity index (χ0) is 15.9. The molecule has 0 aliphatic rings. The van der Waals surface area contributed by atoms with Crippen LogP contribution in [0, 0.1) is 10.1 Å². The van der Waals surface area contributed by atoms with Crippen molar-refractivity contribution in [2.75, 3.05) is 12.4 Å². The van der Waals surface area contributed by atoms with E-state index in [1.54, 1.807) is 36.4 Å². The third kappa shape index (κ3) is 3.92. The average molecular weight is 298 g/mol. The Labute approximate surface area is 127 Å². The number of nitro groups is 1. The minimum absolute atomic E-state index is 0.0210. The van der Waals surface area contributed by atoms with Crippen molar-refractivity contribution in [2.45, 2.75) is 0 Å². The number of methoxy groups -OCH3 is 1. The Balaban J connectivity index is 2.08. The van der Waals surface area contributed by atoms with Crippen molar-refractivity contribution in [3.63, 3.8) is 0 Å². The standard InChI is InChI=1S/C16H14N2O4/c1-22-15-8-3-2-7-14(15)17-16(19)10-9-12-5-4-6-13(11-12)18(20)21/h2-11H,1H3,(H,17,19)/b10-9+. The molecule has 0 atom stereocenters. The first-order valence-electron chi connectivity index (χ1n) is 6.46. The van der Waals surface area contributed by atoms with Crippen LogP contribution in [0.4, 0.5) is 11.4 Å². The Hall–Kier alpha value is -3.15. The van der Waals surface area contributed by atoms with Crippen molar-refractivity contribution in [1.29, 1.82) is 0 Å². The number of para-hydroxylation sites is 2. The first-order valence-corrected chi connectivity index (χ1v) is 6.46. The van der Waals surface area contributed by atoms with Gasteiger partial charge < -0.3 is 10.1 Å². The topological polar surface area (TPSA) is 81.5 Å². The van der Waals surface area contributed by atoms with Gasteiger partial charge in [-0.1, -0.05) is 24.3 Å². The number of anilines is 1. The maximum atomic E-state index is 11.9. The molecule has 0 aliphatic heterocycles. The predicted molar refractivity (Wildman–Crippen MR) is 83.8 cm³/mol. The van der Waals surface area contributed by atoms with Gasteiger partial charge in [-0.05, 0) is 23.8 Å². The molecule has 2 aromatic carbocycles. The molecular formula is C16H14N2O4. The van der Waals surface area contributed by atoms with E-state index in [4.69, 9.17) is 4.74 Å². The summed E-state index contributed by atoms with van der Waals surface area (Å²) in [5.74, 6) is 0.204. The fourth-order valence-electron chi connectivity index (χ4n) is 1.84. The van der Waals surface area contributed by atoms with Gasteiger partial charge in [-0.2, -0.15) is 0 Å². The highest BCUT2D eigenvalue weighted by molar-refractivity contribution is 6.02. The average Bonchev–Trinajstić information content (AvgIpc) is 2.53. The molecule has 0 unspecified atom stereocenters. The maximum Gasteiger partial charge on any atom is 0.270 e. The van der Waals surface area contributed by atoms with Crippen molar-refractivity contribution >= 4 is 23.4 Å². The van der Waals surface area contributed by atoms with Gasteiger partial charge in [0.25, 0.3) is 5.69 Å². The second-order valence-electron chi connectivity index (χ2n) is 4.37. The van der Waals surface area contributed by atoms with Crippen molar-refractivity contribution < 1.29 is 14.5 Å². The predicted octanol–water partition coefficient (Wildman–Crippen LogP) is 3.26. The molecule has 6 nitrogen and oxygen atoms in total. The molecular weight excluding hydrogens is 284 g/mol. The van der Waals surface area contributed by atoms with Crippen LogP contribution >= 0.6 is 0 Å². The van der Waals surface area contributed by atoms with Crippen molar-refractivity contribution in [3.05, 3.63) is 70.3 Å². The number of nitrogens with one attached hydrogen (secondary N) is 1. The summed E-state index contributed by atoms with van der Waals surface area (Å²) in [7, 11) is 1.52. The van der Waals surface area contributed by atoms with Gasteiger partial charge in [0.2, 0.25) is 5.91 Å². The number of hydrogen-bond donors (Lipinski definition) is 1. The summed E-state index contributed by atoms with van der Waals surface area (Å²) < 4.78 is 5.14. The Morgan fingerprint density at radius 1 is 1.23 bits per heavy atom. The van der Waals surface area contributed by atoms with Gasteiger partial charge in [-0.15, -0.1) is 0 Å². The first-order chi connectivity index (χ1) is 10.6. The van der Waals surface area contributed by atoms with Crippen molar-refractivity contribution in [1.82, 2.24) is 0 Å². The van der Waals surface area contributed by atoms with E-state index in [2.05, 4.69) is 5.32 Å². The number of ether oxygens (including phenoxy) is 1. The number of nitro benzene ring substituents is 1. The van der Waals surface area contributed by atoms with E-state index in [1.165, 1.54) is 31.4 Å². The third-order valence-electron chi connectivity index (χ3n) is 2.87. The van der Waals surface area contributed by atoms with Gasteiger partial charge in [-0.3, -0.25) is 14.9 Å². The van der Waals surface area contributed by atoms with E-state index < -0.39 is 4.92 Å². The molecule has 0 radical (unpaired) electrons. The largest absolute Gasteiger partial charge is 0.495 e. The summed E-state index contributed by atoms with van der Waals surface area (Å²) in [6.45, 7) is 0. The molecule has 0 aromatic heterocycles. The summed E-state index contributed by atoms with van der Waals surface area (Å²) in [6.07, 6.45) is 2.82. The molecule has 2 rings (SSSR count). The van der Waals surface area contributed by atoms with Crippen LogP contribution in [-0.4, -0.2) is 17.9 Å². The minimum atomic E-state index is -0.480. The van der Waals surface area contributed by atoms with Gasteiger partial charge >= 0.3 is 0 Å². The zero-order valence-corrected chi connectivity index (χ0v) is 11.9. The van der Waals surface area contributed by atoms with E-state index in [0.717, 1.165) is 0 Å². The van der Waals surface area contributed by atoms with Crippen LogP contribution in [0.15, 0.2) is 54.6 Å². The summed E-state index contributed by atoms with van der Waals surface area (Å²) in [5.41, 5.74) is 1.11. The molecule has 6 heteroatoms. The summed E-state index contributed by atoms with van der Waals surface area (Å²) >= 11 is 0. The van der Waals surface area contributed by atoms with E-state index in [0.29, 0.717) is 17.0 Å². The molecule has 2 aromatic rings. The second kappa shape index (κ2) is 7.03. The van der Waals surface area contributed by atoms with Gasteiger partial charge in [0, 0.05) is 18.2 Å². The van der Waals surface area contributed by atoms with Crippen molar-refractivity contribution in [3.8, 4) is 5.75 Å². The lowest BCUT2D eigenvalue weighted by atomic mass is 10.2. The monoisotopic (exact) mass is 298 g/mol. The van der Waals surface area contributed by atoms with E-state index in [1.807, 2.05) is 0 Å². The lowest BCUT2D eigenvalue weighted by Crippen LogP contribution is -2.08. The van der Waals surface area contributed by atoms with Crippen LogP contribution in [-0.2, 0) is 4.79 Å². The van der Waals surface area contributed by atoms with Crippen LogP contribution in [0.25, 0.3) is 6.08 Å². The van der Waals surface area contributed by atoms with Crippen LogP contribution in [0.3, 0.4) is 0 Å². The zero-order valence-electron chi connectivity index (χ0n) is 11.9. The molecule has 22 heavy (non-hydrogen) atoms. The molecule has 1 N–H and O–H groups in total. The smallest absolute Gasteiger partial charge is 0.270 e. The number of carbonyl (C=O) groups excluding carboxylic acids is 1. The molecule has 0 fully saturated rings. The first kappa shape index (κ1) is 15.2. The van der Waals surface area contributed by atoms with Gasteiger partial charge in [0.15, 0.2) is 0 Å². The molecule has 112 valence electrons. The highest BCUT2D eigenvalue weighted by atomic mass is 16.6. The number of non-ortho nitro benzene ring substituents is 1. The van der Waals surface area contributed by atoms with E-state index >= 15 is 0 Å². The quantitative estimate of drug-likeness (QED) is 0.522. The van der Waals surface area contributed by atoms with Gasteiger partial charge in [0.1, 0.15) is 5.75 Å². The minimum Gasteiger partial charge on any atom is -0.495 e. The van der Waals surface area contributed by atoms with Crippen LogP contribution < -0.4 is 10.1 Å². The van der Waals surface area contributed by atoms with Crippen LogP contribution in [0.1, 0.15) is 5.56 Å². The number of hydrogen-bond acceptors (Lipinski definition) is 4.